The van der Waals surface area contributed by atoms with Crippen LogP contribution in [0.1, 0.15) is 16.7 Å². The van der Waals surface area contributed by atoms with Crippen LogP contribution in [-0.4, -0.2) is 4.92 Å². The van der Waals surface area contributed by atoms with Crippen LogP contribution in [-0.2, 0) is 5.75 Å². The van der Waals surface area contributed by atoms with E-state index in [9.17, 15) is 10.1 Å². The average molecular weight is 308 g/mol. The van der Waals surface area contributed by atoms with E-state index < -0.39 is 4.92 Å². The van der Waals surface area contributed by atoms with Crippen LogP contribution in [0.5, 0.6) is 0 Å². The number of nitro groups is 1. The second-order valence-electron chi connectivity index (χ2n) is 4.59. The highest BCUT2D eigenvalue weighted by Crippen LogP contribution is 2.31. The number of nitro benzene ring substituents is 1. The molecule has 20 heavy (non-hydrogen) atoms. The maximum absolute atomic E-state index is 10.8. The Balaban J connectivity index is 2.20. The van der Waals surface area contributed by atoms with Crippen molar-refractivity contribution < 1.29 is 4.92 Å². The second-order valence-corrected chi connectivity index (χ2v) is 6.01. The Hall–Kier alpha value is -1.52. The van der Waals surface area contributed by atoms with E-state index in [1.54, 1.807) is 23.9 Å². The van der Waals surface area contributed by atoms with Gasteiger partial charge in [0.2, 0.25) is 0 Å². The second kappa shape index (κ2) is 6.29. The molecule has 0 saturated carbocycles. The molecule has 2 aromatic rings. The van der Waals surface area contributed by atoms with Crippen LogP contribution < -0.4 is 0 Å². The van der Waals surface area contributed by atoms with E-state index in [1.165, 1.54) is 22.1 Å². The molecule has 2 rings (SSSR count). The summed E-state index contributed by atoms with van der Waals surface area (Å²) in [6.07, 6.45) is 0. The van der Waals surface area contributed by atoms with Crippen molar-refractivity contribution in [2.45, 2.75) is 24.5 Å². The van der Waals surface area contributed by atoms with Gasteiger partial charge in [-0.2, -0.15) is 0 Å². The van der Waals surface area contributed by atoms with E-state index in [1.807, 2.05) is 6.92 Å². The van der Waals surface area contributed by atoms with Crippen LogP contribution in [0, 0.1) is 24.0 Å². The summed E-state index contributed by atoms with van der Waals surface area (Å²) in [6, 6.07) is 10.8. The molecule has 0 saturated heterocycles. The van der Waals surface area contributed by atoms with Gasteiger partial charge in [-0.25, -0.2) is 0 Å². The summed E-state index contributed by atoms with van der Waals surface area (Å²) in [5, 5.41) is 11.4. The number of hydrogen-bond donors (Lipinski definition) is 0. The van der Waals surface area contributed by atoms with Crippen molar-refractivity contribution in [3.8, 4) is 0 Å². The molecule has 5 heteroatoms. The minimum absolute atomic E-state index is 0.0750. The zero-order valence-electron chi connectivity index (χ0n) is 11.2. The lowest BCUT2D eigenvalue weighted by molar-refractivity contribution is -0.384. The maximum Gasteiger partial charge on any atom is 0.269 e. The molecule has 3 nitrogen and oxygen atoms in total. The Kier molecular flexibility index (Phi) is 4.68. The molecule has 0 aliphatic carbocycles. The normalized spacial score (nSPS) is 10.6. The van der Waals surface area contributed by atoms with Gasteiger partial charge in [0.1, 0.15) is 0 Å². The Morgan fingerprint density at radius 3 is 2.65 bits per heavy atom. The first kappa shape index (κ1) is 14.9. The van der Waals surface area contributed by atoms with Crippen molar-refractivity contribution in [3.63, 3.8) is 0 Å². The summed E-state index contributed by atoms with van der Waals surface area (Å²) in [7, 11) is 0. The molecule has 0 unspecified atom stereocenters. The number of hydrogen-bond acceptors (Lipinski definition) is 3. The largest absolute Gasteiger partial charge is 0.269 e. The molecule has 0 radical (unpaired) electrons. The Morgan fingerprint density at radius 2 is 1.95 bits per heavy atom. The summed E-state index contributed by atoms with van der Waals surface area (Å²) >= 11 is 7.74. The fourth-order valence-corrected chi connectivity index (χ4v) is 3.18. The summed E-state index contributed by atoms with van der Waals surface area (Å²) < 4.78 is 0. The molecule has 0 aromatic heterocycles. The SMILES string of the molecule is Cc1ccc(C)c(SCc2cc([N+](=O)[O-])ccc2Cl)c1. The number of thioether (sulfide) groups is 1. The van der Waals surface area contributed by atoms with Gasteiger partial charge in [-0.1, -0.05) is 29.3 Å². The fourth-order valence-electron chi connectivity index (χ4n) is 1.80. The Bertz CT molecular complexity index is 658. The van der Waals surface area contributed by atoms with Crippen molar-refractivity contribution in [1.82, 2.24) is 0 Å². The third kappa shape index (κ3) is 3.52. The monoisotopic (exact) mass is 307 g/mol. The molecule has 0 amide bonds. The molecule has 2 aromatic carbocycles. The van der Waals surface area contributed by atoms with Gasteiger partial charge in [-0.3, -0.25) is 10.1 Å². The summed E-state index contributed by atoms with van der Waals surface area (Å²) in [6.45, 7) is 4.10. The summed E-state index contributed by atoms with van der Waals surface area (Å²) in [5.41, 5.74) is 3.25. The van der Waals surface area contributed by atoms with Crippen molar-refractivity contribution in [1.29, 1.82) is 0 Å². The van der Waals surface area contributed by atoms with E-state index in [-0.39, 0.29) is 5.69 Å². The van der Waals surface area contributed by atoms with E-state index in [0.717, 1.165) is 5.56 Å². The van der Waals surface area contributed by atoms with Crippen LogP contribution in [0.2, 0.25) is 5.02 Å². The van der Waals surface area contributed by atoms with Gasteiger partial charge in [-0.15, -0.1) is 11.8 Å². The number of non-ortho nitro benzene ring substituents is 1. The van der Waals surface area contributed by atoms with Crippen molar-refractivity contribution in [3.05, 3.63) is 68.2 Å². The number of aryl methyl sites for hydroxylation is 2. The lowest BCUT2D eigenvalue weighted by Crippen LogP contribution is -1.91. The first-order chi connectivity index (χ1) is 9.47. The van der Waals surface area contributed by atoms with E-state index in [0.29, 0.717) is 10.8 Å². The molecule has 0 aliphatic heterocycles. The predicted octanol–water partition coefficient (Wildman–Crippen LogP) is 5.16. The van der Waals surface area contributed by atoms with Gasteiger partial charge >= 0.3 is 0 Å². The number of benzene rings is 2. The van der Waals surface area contributed by atoms with Crippen molar-refractivity contribution in [2.75, 3.05) is 0 Å². The van der Waals surface area contributed by atoms with E-state index >= 15 is 0 Å². The third-order valence-corrected chi connectivity index (χ3v) is 4.54. The molecule has 0 aliphatic rings. The standard InChI is InChI=1S/C15H14ClNO2S/c1-10-3-4-11(2)15(7-10)20-9-12-8-13(17(18)19)5-6-14(12)16/h3-8H,9H2,1-2H3. The Morgan fingerprint density at radius 1 is 1.20 bits per heavy atom. The minimum atomic E-state index is -0.400. The van der Waals surface area contributed by atoms with Gasteiger partial charge in [0.15, 0.2) is 0 Å². The van der Waals surface area contributed by atoms with Crippen molar-refractivity contribution >= 4 is 29.1 Å². The van der Waals surface area contributed by atoms with Crippen LogP contribution in [0.15, 0.2) is 41.3 Å². The number of rotatable bonds is 4. The molecule has 0 atom stereocenters. The maximum atomic E-state index is 10.8. The highest BCUT2D eigenvalue weighted by Gasteiger charge is 2.10. The van der Waals surface area contributed by atoms with Crippen LogP contribution >= 0.6 is 23.4 Å². The van der Waals surface area contributed by atoms with Gasteiger partial charge < -0.3 is 0 Å². The average Bonchev–Trinajstić information content (AvgIpc) is 2.41. The topological polar surface area (TPSA) is 43.1 Å². The first-order valence-electron chi connectivity index (χ1n) is 6.10. The van der Waals surface area contributed by atoms with Crippen LogP contribution in [0.4, 0.5) is 5.69 Å². The van der Waals surface area contributed by atoms with Crippen molar-refractivity contribution in [2.24, 2.45) is 0 Å². The molecular formula is C15H14ClNO2S. The lowest BCUT2D eigenvalue weighted by Gasteiger charge is -2.08. The third-order valence-electron chi connectivity index (χ3n) is 2.97. The van der Waals surface area contributed by atoms with Gasteiger partial charge in [0, 0.05) is 27.8 Å². The summed E-state index contributed by atoms with van der Waals surface area (Å²) in [5.74, 6) is 0.616. The number of nitrogens with zero attached hydrogens (tertiary/aromatic N) is 1. The minimum Gasteiger partial charge on any atom is -0.258 e. The smallest absolute Gasteiger partial charge is 0.258 e. The molecule has 0 N–H and O–H groups in total. The van der Waals surface area contributed by atoms with E-state index in [2.05, 4.69) is 25.1 Å². The zero-order valence-corrected chi connectivity index (χ0v) is 12.8. The molecule has 0 heterocycles. The Labute approximate surface area is 127 Å². The number of halogens is 1. The highest BCUT2D eigenvalue weighted by atomic mass is 35.5. The predicted molar refractivity (Wildman–Crippen MR) is 83.6 cm³/mol. The highest BCUT2D eigenvalue weighted by molar-refractivity contribution is 7.98. The summed E-state index contributed by atoms with van der Waals surface area (Å²) in [4.78, 5) is 11.6. The molecule has 0 fully saturated rings. The first-order valence-corrected chi connectivity index (χ1v) is 7.46. The van der Waals surface area contributed by atoms with Gasteiger partial charge in [-0.05, 0) is 37.1 Å². The zero-order chi connectivity index (χ0) is 14.7. The van der Waals surface area contributed by atoms with Gasteiger partial charge in [0.25, 0.3) is 5.69 Å². The fraction of sp³-hybridized carbons (Fsp3) is 0.200. The van der Waals surface area contributed by atoms with Crippen LogP contribution in [0.25, 0.3) is 0 Å². The molecule has 0 bridgehead atoms. The van der Waals surface area contributed by atoms with Crippen LogP contribution in [0.3, 0.4) is 0 Å². The van der Waals surface area contributed by atoms with Gasteiger partial charge in [0.05, 0.1) is 4.92 Å². The van der Waals surface area contributed by atoms with E-state index in [4.69, 9.17) is 11.6 Å². The molecule has 104 valence electrons. The molecular weight excluding hydrogens is 294 g/mol. The quantitative estimate of drug-likeness (QED) is 0.445. The molecule has 0 spiro atoms. The lowest BCUT2D eigenvalue weighted by atomic mass is 10.2.